The molecule has 0 radical (unpaired) electrons. The predicted octanol–water partition coefficient (Wildman–Crippen LogP) is 2.30. The van der Waals surface area contributed by atoms with Crippen molar-refractivity contribution in [1.29, 1.82) is 0 Å². The fraction of sp³-hybridized carbons (Fsp3) is 1.00. The van der Waals surface area contributed by atoms with E-state index in [-0.39, 0.29) is 12.5 Å². The monoisotopic (exact) mass is 242 g/mol. The van der Waals surface area contributed by atoms with Crippen LogP contribution in [0.5, 0.6) is 0 Å². The van der Waals surface area contributed by atoms with Gasteiger partial charge in [-0.15, -0.1) is 0 Å². The van der Waals surface area contributed by atoms with Gasteiger partial charge in [0, 0.05) is 12.5 Å². The van der Waals surface area contributed by atoms with Gasteiger partial charge in [0.25, 0.3) is 0 Å². The Morgan fingerprint density at radius 2 is 2.20 bits per heavy atom. The molecule has 2 atom stereocenters. The molecule has 1 aliphatic heterocycles. The molecule has 0 aliphatic carbocycles. The van der Waals surface area contributed by atoms with Gasteiger partial charge in [-0.05, 0) is 36.7 Å². The van der Waals surface area contributed by atoms with Crippen LogP contribution in [-0.2, 0) is 0 Å². The lowest BCUT2D eigenvalue weighted by Gasteiger charge is -2.22. The van der Waals surface area contributed by atoms with Crippen molar-refractivity contribution in [3.05, 3.63) is 0 Å². The summed E-state index contributed by atoms with van der Waals surface area (Å²) in [4.78, 5) is 0. The molecule has 1 saturated heterocycles. The standard InChI is InChI=1S/C9H17F3N2S/c10-9(11,12)4-1-2-8(14-13)7-3-5-15-6-7/h7-8,14H,1-6,13H2. The Kier molecular flexibility index (Phi) is 5.22. The molecule has 0 aromatic rings. The van der Waals surface area contributed by atoms with Crippen molar-refractivity contribution in [2.45, 2.75) is 37.9 Å². The van der Waals surface area contributed by atoms with Crippen LogP contribution in [0.15, 0.2) is 0 Å². The lowest BCUT2D eigenvalue weighted by Crippen LogP contribution is -2.41. The van der Waals surface area contributed by atoms with Gasteiger partial charge in [-0.3, -0.25) is 11.3 Å². The minimum atomic E-state index is -4.04. The fourth-order valence-corrected chi connectivity index (χ4v) is 3.19. The molecule has 1 fully saturated rings. The maximum Gasteiger partial charge on any atom is 0.389 e. The normalized spacial score (nSPS) is 24.4. The molecule has 1 aliphatic rings. The SMILES string of the molecule is NNC(CCCC(F)(F)F)C1CCSC1. The van der Waals surface area contributed by atoms with E-state index in [9.17, 15) is 13.2 Å². The van der Waals surface area contributed by atoms with Crippen LogP contribution in [0.2, 0.25) is 0 Å². The van der Waals surface area contributed by atoms with E-state index < -0.39 is 12.6 Å². The first kappa shape index (κ1) is 13.1. The van der Waals surface area contributed by atoms with Crippen LogP contribution < -0.4 is 11.3 Å². The van der Waals surface area contributed by atoms with Crippen molar-refractivity contribution >= 4 is 11.8 Å². The van der Waals surface area contributed by atoms with Crippen molar-refractivity contribution in [2.75, 3.05) is 11.5 Å². The van der Waals surface area contributed by atoms with Gasteiger partial charge in [0.05, 0.1) is 0 Å². The van der Waals surface area contributed by atoms with Crippen molar-refractivity contribution < 1.29 is 13.2 Å². The van der Waals surface area contributed by atoms with Gasteiger partial charge in [0.2, 0.25) is 0 Å². The quantitative estimate of drug-likeness (QED) is 0.574. The number of hydrogen-bond acceptors (Lipinski definition) is 3. The van der Waals surface area contributed by atoms with Crippen molar-refractivity contribution in [3.63, 3.8) is 0 Å². The van der Waals surface area contributed by atoms with Crippen LogP contribution in [0.4, 0.5) is 13.2 Å². The second-order valence-corrected chi connectivity index (χ2v) is 5.05. The van der Waals surface area contributed by atoms with E-state index in [2.05, 4.69) is 5.43 Å². The minimum Gasteiger partial charge on any atom is -0.271 e. The third kappa shape index (κ3) is 5.08. The summed E-state index contributed by atoms with van der Waals surface area (Å²) in [7, 11) is 0. The van der Waals surface area contributed by atoms with Gasteiger partial charge in [0.15, 0.2) is 0 Å². The first-order valence-corrected chi connectivity index (χ1v) is 6.29. The fourth-order valence-electron chi connectivity index (χ4n) is 1.85. The summed E-state index contributed by atoms with van der Waals surface area (Å²) in [5.74, 6) is 7.91. The van der Waals surface area contributed by atoms with Crippen LogP contribution >= 0.6 is 11.8 Å². The van der Waals surface area contributed by atoms with E-state index >= 15 is 0 Å². The average molecular weight is 242 g/mol. The Hall–Kier alpha value is 0.0600. The molecule has 1 heterocycles. The number of halogens is 3. The Morgan fingerprint density at radius 3 is 2.67 bits per heavy atom. The van der Waals surface area contributed by atoms with E-state index in [1.165, 1.54) is 0 Å². The number of nitrogens with one attached hydrogen (secondary N) is 1. The highest BCUT2D eigenvalue weighted by Crippen LogP contribution is 2.29. The number of hydrazine groups is 1. The molecule has 0 bridgehead atoms. The molecule has 1 rings (SSSR count). The summed E-state index contributed by atoms with van der Waals surface area (Å²) in [6.07, 6.45) is -3.00. The largest absolute Gasteiger partial charge is 0.389 e. The van der Waals surface area contributed by atoms with Gasteiger partial charge >= 0.3 is 6.18 Å². The van der Waals surface area contributed by atoms with Gasteiger partial charge in [-0.25, -0.2) is 0 Å². The van der Waals surface area contributed by atoms with Crippen molar-refractivity contribution in [3.8, 4) is 0 Å². The molecule has 6 heteroatoms. The average Bonchev–Trinajstić information content (AvgIpc) is 2.63. The lowest BCUT2D eigenvalue weighted by atomic mass is 9.95. The Bertz CT molecular complexity index is 181. The van der Waals surface area contributed by atoms with E-state index in [0.29, 0.717) is 12.3 Å². The maximum atomic E-state index is 11.9. The molecular weight excluding hydrogens is 225 g/mol. The first-order chi connectivity index (χ1) is 7.03. The smallest absolute Gasteiger partial charge is 0.271 e. The molecule has 2 nitrogen and oxygen atoms in total. The minimum absolute atomic E-state index is 0.0438. The summed E-state index contributed by atoms with van der Waals surface area (Å²) in [5, 5.41) is 0. The van der Waals surface area contributed by atoms with E-state index in [0.717, 1.165) is 17.9 Å². The second-order valence-electron chi connectivity index (χ2n) is 3.90. The highest BCUT2D eigenvalue weighted by atomic mass is 32.2. The van der Waals surface area contributed by atoms with Crippen LogP contribution in [0.1, 0.15) is 25.7 Å². The molecule has 0 amide bonds. The summed E-state index contributed by atoms with van der Waals surface area (Å²) in [6, 6.07) is 0.0438. The van der Waals surface area contributed by atoms with Gasteiger partial charge in [-0.2, -0.15) is 24.9 Å². The Morgan fingerprint density at radius 1 is 1.47 bits per heavy atom. The third-order valence-corrected chi connectivity index (χ3v) is 3.91. The maximum absolute atomic E-state index is 11.9. The van der Waals surface area contributed by atoms with Gasteiger partial charge < -0.3 is 0 Å². The number of hydrogen-bond donors (Lipinski definition) is 2. The molecule has 15 heavy (non-hydrogen) atoms. The molecule has 0 aromatic heterocycles. The third-order valence-electron chi connectivity index (χ3n) is 2.72. The Balaban J connectivity index is 2.21. The number of rotatable bonds is 5. The highest BCUT2D eigenvalue weighted by molar-refractivity contribution is 7.99. The number of nitrogens with two attached hydrogens (primary N) is 1. The van der Waals surface area contributed by atoms with E-state index in [1.807, 2.05) is 11.8 Å². The molecule has 3 N–H and O–H groups in total. The topological polar surface area (TPSA) is 38.0 Å². The van der Waals surface area contributed by atoms with Crippen molar-refractivity contribution in [2.24, 2.45) is 11.8 Å². The zero-order valence-corrected chi connectivity index (χ0v) is 9.33. The highest BCUT2D eigenvalue weighted by Gasteiger charge is 2.29. The summed E-state index contributed by atoms with van der Waals surface area (Å²) in [6.45, 7) is 0. The molecule has 0 aromatic carbocycles. The zero-order chi connectivity index (χ0) is 11.3. The zero-order valence-electron chi connectivity index (χ0n) is 8.52. The summed E-state index contributed by atoms with van der Waals surface area (Å²) < 4.78 is 35.8. The molecule has 0 saturated carbocycles. The van der Waals surface area contributed by atoms with Crippen LogP contribution in [0, 0.1) is 5.92 Å². The lowest BCUT2D eigenvalue weighted by molar-refractivity contribution is -0.136. The summed E-state index contributed by atoms with van der Waals surface area (Å²) in [5.41, 5.74) is 2.65. The molecular formula is C9H17F3N2S. The van der Waals surface area contributed by atoms with Gasteiger partial charge in [0.1, 0.15) is 0 Å². The van der Waals surface area contributed by atoms with Crippen LogP contribution in [0.25, 0.3) is 0 Å². The first-order valence-electron chi connectivity index (χ1n) is 5.13. The number of alkyl halides is 3. The molecule has 90 valence electrons. The van der Waals surface area contributed by atoms with Crippen molar-refractivity contribution in [1.82, 2.24) is 5.43 Å². The van der Waals surface area contributed by atoms with Gasteiger partial charge in [-0.1, -0.05) is 0 Å². The van der Waals surface area contributed by atoms with E-state index in [4.69, 9.17) is 5.84 Å². The molecule has 2 unspecified atom stereocenters. The summed E-state index contributed by atoms with van der Waals surface area (Å²) >= 11 is 1.85. The second kappa shape index (κ2) is 5.96. The van der Waals surface area contributed by atoms with Crippen LogP contribution in [-0.4, -0.2) is 23.7 Å². The number of thioether (sulfide) groups is 1. The predicted molar refractivity (Wildman–Crippen MR) is 56.4 cm³/mol. The van der Waals surface area contributed by atoms with E-state index in [1.54, 1.807) is 0 Å². The van der Waals surface area contributed by atoms with Crippen LogP contribution in [0.3, 0.4) is 0 Å². The molecule has 0 spiro atoms. The Labute approximate surface area is 92.1 Å².